The van der Waals surface area contributed by atoms with E-state index < -0.39 is 0 Å². The Morgan fingerprint density at radius 1 is 1.15 bits per heavy atom. The summed E-state index contributed by atoms with van der Waals surface area (Å²) in [6, 6.07) is 7.82. The summed E-state index contributed by atoms with van der Waals surface area (Å²) in [5.74, 6) is 0.464. The van der Waals surface area contributed by atoms with Crippen molar-refractivity contribution in [3.63, 3.8) is 0 Å². The highest BCUT2D eigenvalue weighted by atomic mass is 35.5. The molecule has 1 rings (SSSR count). The van der Waals surface area contributed by atoms with Crippen molar-refractivity contribution in [2.24, 2.45) is 11.7 Å². The van der Waals surface area contributed by atoms with E-state index in [0.29, 0.717) is 5.92 Å². The van der Waals surface area contributed by atoms with Crippen molar-refractivity contribution >= 4 is 24.0 Å². The van der Waals surface area contributed by atoms with Crippen LogP contribution in [0.4, 0.5) is 0 Å². The number of rotatable bonds is 2. The Hall–Kier alpha value is -0.240. The van der Waals surface area contributed by atoms with Gasteiger partial charge in [-0.1, -0.05) is 37.6 Å². The Labute approximate surface area is 90.7 Å². The SMILES string of the molecule is CC(C)[C@H](N)c1ccc(Cl)cc1.Cl. The van der Waals surface area contributed by atoms with Gasteiger partial charge in [0.15, 0.2) is 0 Å². The van der Waals surface area contributed by atoms with Crippen LogP contribution in [0.25, 0.3) is 0 Å². The second kappa shape index (κ2) is 5.48. The molecule has 1 atom stereocenters. The fourth-order valence-corrected chi connectivity index (χ4v) is 1.20. The van der Waals surface area contributed by atoms with Crippen molar-refractivity contribution in [1.82, 2.24) is 0 Å². The van der Waals surface area contributed by atoms with Gasteiger partial charge in [-0.05, 0) is 23.6 Å². The lowest BCUT2D eigenvalue weighted by Gasteiger charge is -2.15. The van der Waals surface area contributed by atoms with Gasteiger partial charge in [-0.25, -0.2) is 0 Å². The van der Waals surface area contributed by atoms with Gasteiger partial charge >= 0.3 is 0 Å². The van der Waals surface area contributed by atoms with Crippen LogP contribution < -0.4 is 5.73 Å². The highest BCUT2D eigenvalue weighted by Crippen LogP contribution is 2.20. The van der Waals surface area contributed by atoms with Gasteiger partial charge in [0.1, 0.15) is 0 Å². The lowest BCUT2D eigenvalue weighted by molar-refractivity contribution is 0.514. The lowest BCUT2D eigenvalue weighted by atomic mass is 9.97. The second-order valence-corrected chi connectivity index (χ2v) is 3.76. The predicted molar refractivity (Wildman–Crippen MR) is 60.5 cm³/mol. The van der Waals surface area contributed by atoms with Crippen LogP contribution in [0.1, 0.15) is 25.5 Å². The summed E-state index contributed by atoms with van der Waals surface area (Å²) >= 11 is 5.76. The van der Waals surface area contributed by atoms with Crippen molar-refractivity contribution in [2.45, 2.75) is 19.9 Å². The average Bonchev–Trinajstić information content (AvgIpc) is 2.04. The van der Waals surface area contributed by atoms with E-state index in [0.717, 1.165) is 10.6 Å². The first-order valence-corrected chi connectivity index (χ1v) is 4.50. The van der Waals surface area contributed by atoms with Crippen LogP contribution in [-0.2, 0) is 0 Å². The maximum Gasteiger partial charge on any atom is 0.0406 e. The summed E-state index contributed by atoms with van der Waals surface area (Å²) in [6.45, 7) is 4.22. The van der Waals surface area contributed by atoms with E-state index in [9.17, 15) is 0 Å². The van der Waals surface area contributed by atoms with Gasteiger partial charge in [0.05, 0.1) is 0 Å². The molecule has 1 aromatic carbocycles. The van der Waals surface area contributed by atoms with Crippen LogP contribution in [0.15, 0.2) is 24.3 Å². The van der Waals surface area contributed by atoms with Gasteiger partial charge in [0.2, 0.25) is 0 Å². The minimum atomic E-state index is 0. The fourth-order valence-electron chi connectivity index (χ4n) is 1.07. The topological polar surface area (TPSA) is 26.0 Å². The highest BCUT2D eigenvalue weighted by Gasteiger charge is 2.09. The van der Waals surface area contributed by atoms with E-state index in [2.05, 4.69) is 13.8 Å². The average molecular weight is 220 g/mol. The van der Waals surface area contributed by atoms with Gasteiger partial charge in [0.25, 0.3) is 0 Å². The Balaban J connectivity index is 0.00000144. The molecule has 0 fully saturated rings. The van der Waals surface area contributed by atoms with Crippen LogP contribution in [-0.4, -0.2) is 0 Å². The summed E-state index contributed by atoms with van der Waals surface area (Å²) in [6.07, 6.45) is 0. The van der Waals surface area contributed by atoms with Gasteiger partial charge in [-0.15, -0.1) is 12.4 Å². The molecular weight excluding hydrogens is 205 g/mol. The monoisotopic (exact) mass is 219 g/mol. The summed E-state index contributed by atoms with van der Waals surface area (Å²) in [7, 11) is 0. The molecule has 0 aromatic heterocycles. The fraction of sp³-hybridized carbons (Fsp3) is 0.400. The van der Waals surface area contributed by atoms with Crippen molar-refractivity contribution in [3.05, 3.63) is 34.9 Å². The lowest BCUT2D eigenvalue weighted by Crippen LogP contribution is -2.16. The Morgan fingerprint density at radius 3 is 2.00 bits per heavy atom. The zero-order valence-corrected chi connectivity index (χ0v) is 9.40. The molecule has 1 nitrogen and oxygen atoms in total. The van der Waals surface area contributed by atoms with Crippen LogP contribution >= 0.6 is 24.0 Å². The smallest absolute Gasteiger partial charge is 0.0406 e. The third kappa shape index (κ3) is 3.55. The van der Waals surface area contributed by atoms with Crippen LogP contribution in [0.3, 0.4) is 0 Å². The summed E-state index contributed by atoms with van der Waals surface area (Å²) in [5, 5.41) is 0.759. The number of halogens is 2. The first kappa shape index (κ1) is 12.8. The number of hydrogen-bond acceptors (Lipinski definition) is 1. The van der Waals surface area contributed by atoms with E-state index in [1.54, 1.807) is 0 Å². The van der Waals surface area contributed by atoms with Crippen LogP contribution in [0.5, 0.6) is 0 Å². The third-order valence-corrected chi connectivity index (χ3v) is 2.23. The van der Waals surface area contributed by atoms with Gasteiger partial charge in [0, 0.05) is 11.1 Å². The van der Waals surface area contributed by atoms with E-state index in [1.807, 2.05) is 24.3 Å². The summed E-state index contributed by atoms with van der Waals surface area (Å²) < 4.78 is 0. The van der Waals surface area contributed by atoms with E-state index in [-0.39, 0.29) is 18.4 Å². The first-order chi connectivity index (χ1) is 5.61. The van der Waals surface area contributed by atoms with Crippen molar-refractivity contribution in [1.29, 1.82) is 0 Å². The zero-order chi connectivity index (χ0) is 9.14. The van der Waals surface area contributed by atoms with Crippen molar-refractivity contribution < 1.29 is 0 Å². The zero-order valence-electron chi connectivity index (χ0n) is 7.83. The second-order valence-electron chi connectivity index (χ2n) is 3.32. The molecule has 0 aliphatic heterocycles. The predicted octanol–water partition coefficient (Wildman–Crippen LogP) is 3.42. The third-order valence-electron chi connectivity index (χ3n) is 1.97. The molecule has 3 heteroatoms. The Kier molecular flexibility index (Phi) is 5.38. The molecule has 0 saturated carbocycles. The Bertz CT molecular complexity index is 244. The van der Waals surface area contributed by atoms with Crippen LogP contribution in [0.2, 0.25) is 5.02 Å². The molecule has 0 aliphatic carbocycles. The van der Waals surface area contributed by atoms with E-state index in [1.165, 1.54) is 0 Å². The van der Waals surface area contributed by atoms with E-state index in [4.69, 9.17) is 17.3 Å². The molecule has 0 amide bonds. The van der Waals surface area contributed by atoms with Crippen LogP contribution in [0, 0.1) is 5.92 Å². The van der Waals surface area contributed by atoms with Crippen molar-refractivity contribution in [3.8, 4) is 0 Å². The minimum absolute atomic E-state index is 0. The van der Waals surface area contributed by atoms with Gasteiger partial charge in [-0.2, -0.15) is 0 Å². The normalized spacial score (nSPS) is 12.4. The first-order valence-electron chi connectivity index (χ1n) is 4.12. The maximum atomic E-state index is 5.94. The molecule has 0 spiro atoms. The molecule has 0 heterocycles. The molecule has 0 unspecified atom stereocenters. The molecule has 0 aliphatic rings. The largest absolute Gasteiger partial charge is 0.324 e. The summed E-state index contributed by atoms with van der Waals surface area (Å²) in [4.78, 5) is 0. The van der Waals surface area contributed by atoms with Gasteiger partial charge < -0.3 is 5.73 Å². The van der Waals surface area contributed by atoms with Gasteiger partial charge in [-0.3, -0.25) is 0 Å². The minimum Gasteiger partial charge on any atom is -0.324 e. The number of benzene rings is 1. The summed E-state index contributed by atoms with van der Waals surface area (Å²) in [5.41, 5.74) is 7.09. The maximum absolute atomic E-state index is 5.94. The standard InChI is InChI=1S/C10H14ClN.ClH/c1-7(2)10(12)8-3-5-9(11)6-4-8;/h3-7,10H,12H2,1-2H3;1H/t10-;/m0./s1. The van der Waals surface area contributed by atoms with Crippen molar-refractivity contribution in [2.75, 3.05) is 0 Å². The number of nitrogens with two attached hydrogens (primary N) is 1. The molecule has 1 aromatic rings. The molecule has 0 bridgehead atoms. The number of hydrogen-bond donors (Lipinski definition) is 1. The highest BCUT2D eigenvalue weighted by molar-refractivity contribution is 6.30. The molecule has 2 N–H and O–H groups in total. The van der Waals surface area contributed by atoms with E-state index >= 15 is 0 Å². The Morgan fingerprint density at radius 2 is 1.62 bits per heavy atom. The molecule has 0 radical (unpaired) electrons. The molecular formula is C10H15Cl2N. The molecule has 13 heavy (non-hydrogen) atoms. The molecule has 74 valence electrons. The quantitative estimate of drug-likeness (QED) is 0.811. The molecule has 0 saturated heterocycles.